The summed E-state index contributed by atoms with van der Waals surface area (Å²) >= 11 is 1.12. The van der Waals surface area contributed by atoms with Crippen LogP contribution in [0.5, 0.6) is 0 Å². The summed E-state index contributed by atoms with van der Waals surface area (Å²) in [6, 6.07) is 6.02. The lowest BCUT2D eigenvalue weighted by molar-refractivity contribution is -0.133. The van der Waals surface area contributed by atoms with E-state index in [9.17, 15) is 9.18 Å². The maximum absolute atomic E-state index is 12.8. The number of carboxylic acid groups (broad SMARTS) is 1. The van der Waals surface area contributed by atoms with Crippen LogP contribution in [0.25, 0.3) is 11.3 Å². The number of hydrogen-bond acceptors (Lipinski definition) is 3. The summed E-state index contributed by atoms with van der Waals surface area (Å²) in [4.78, 5) is 17.8. The lowest BCUT2D eigenvalue weighted by Crippen LogP contribution is -1.97. The van der Waals surface area contributed by atoms with E-state index in [0.717, 1.165) is 23.0 Å². The summed E-state index contributed by atoms with van der Waals surface area (Å²) in [5.74, 6) is -1.24. The molecule has 4 nitrogen and oxygen atoms in total. The fraction of sp³-hybridized carbons (Fsp3) is 0.167. The maximum Gasteiger partial charge on any atom is 0.313 e. The molecule has 18 heavy (non-hydrogen) atoms. The van der Waals surface area contributed by atoms with Gasteiger partial charge in [-0.15, -0.1) is 0 Å². The Balaban J connectivity index is 2.23. The van der Waals surface area contributed by atoms with Gasteiger partial charge in [-0.05, 0) is 31.2 Å². The highest BCUT2D eigenvalue weighted by Gasteiger charge is 2.10. The number of aromatic amines is 1. The Bertz CT molecular complexity index is 566. The molecular formula is C12H11FN2O2S. The van der Waals surface area contributed by atoms with Crippen LogP contribution in [-0.4, -0.2) is 26.8 Å². The van der Waals surface area contributed by atoms with Crippen molar-refractivity contribution in [2.75, 3.05) is 5.75 Å². The van der Waals surface area contributed by atoms with Crippen LogP contribution >= 0.6 is 11.8 Å². The predicted octanol–water partition coefficient (Wildman–Crippen LogP) is 2.70. The van der Waals surface area contributed by atoms with E-state index in [1.165, 1.54) is 12.1 Å². The lowest BCUT2D eigenvalue weighted by Gasteiger charge is -1.97. The third-order valence-corrected chi connectivity index (χ3v) is 3.17. The van der Waals surface area contributed by atoms with E-state index < -0.39 is 5.97 Å². The van der Waals surface area contributed by atoms with E-state index in [1.807, 2.05) is 6.92 Å². The van der Waals surface area contributed by atoms with Gasteiger partial charge in [-0.1, -0.05) is 11.8 Å². The topological polar surface area (TPSA) is 66.0 Å². The van der Waals surface area contributed by atoms with Crippen molar-refractivity contribution >= 4 is 17.7 Å². The largest absolute Gasteiger partial charge is 0.481 e. The minimum absolute atomic E-state index is 0.0458. The minimum atomic E-state index is -0.891. The molecule has 0 bridgehead atoms. The molecule has 0 spiro atoms. The number of hydrogen-bond donors (Lipinski definition) is 2. The Kier molecular flexibility index (Phi) is 3.66. The highest BCUT2D eigenvalue weighted by molar-refractivity contribution is 7.99. The van der Waals surface area contributed by atoms with E-state index in [-0.39, 0.29) is 11.6 Å². The molecule has 0 radical (unpaired) electrons. The Labute approximate surface area is 107 Å². The predicted molar refractivity (Wildman–Crippen MR) is 67.1 cm³/mol. The van der Waals surface area contributed by atoms with Crippen LogP contribution < -0.4 is 0 Å². The normalized spacial score (nSPS) is 10.6. The van der Waals surface area contributed by atoms with Gasteiger partial charge in [-0.2, -0.15) is 0 Å². The Morgan fingerprint density at radius 3 is 2.72 bits per heavy atom. The van der Waals surface area contributed by atoms with Crippen LogP contribution in [0.3, 0.4) is 0 Å². The first kappa shape index (κ1) is 12.6. The van der Waals surface area contributed by atoms with E-state index in [1.54, 1.807) is 12.1 Å². The summed E-state index contributed by atoms with van der Waals surface area (Å²) in [5.41, 5.74) is 2.34. The second-order valence-corrected chi connectivity index (χ2v) is 4.67. The van der Waals surface area contributed by atoms with Gasteiger partial charge in [0.25, 0.3) is 0 Å². The number of carbonyl (C=O) groups is 1. The lowest BCUT2D eigenvalue weighted by atomic mass is 10.1. The molecular weight excluding hydrogens is 255 g/mol. The second kappa shape index (κ2) is 5.22. The van der Waals surface area contributed by atoms with Gasteiger partial charge in [0, 0.05) is 11.3 Å². The van der Waals surface area contributed by atoms with Gasteiger partial charge in [-0.25, -0.2) is 9.37 Å². The molecule has 0 fully saturated rings. The summed E-state index contributed by atoms with van der Waals surface area (Å²) < 4.78 is 12.8. The Morgan fingerprint density at radius 2 is 2.11 bits per heavy atom. The first-order chi connectivity index (χ1) is 8.56. The number of nitrogens with one attached hydrogen (secondary N) is 1. The average Bonchev–Trinajstić information content (AvgIpc) is 2.69. The molecule has 1 aromatic carbocycles. The number of aliphatic carboxylic acids is 1. The highest BCUT2D eigenvalue weighted by atomic mass is 32.2. The number of carboxylic acids is 1. The van der Waals surface area contributed by atoms with Crippen LogP contribution in [0, 0.1) is 12.7 Å². The molecule has 0 unspecified atom stereocenters. The zero-order valence-corrected chi connectivity index (χ0v) is 10.4. The molecule has 94 valence electrons. The van der Waals surface area contributed by atoms with Crippen LogP contribution in [0.2, 0.25) is 0 Å². The number of thioether (sulfide) groups is 1. The third kappa shape index (κ3) is 2.89. The van der Waals surface area contributed by atoms with Crippen molar-refractivity contribution in [3.63, 3.8) is 0 Å². The molecule has 1 heterocycles. The van der Waals surface area contributed by atoms with Gasteiger partial charge in [-0.3, -0.25) is 4.79 Å². The molecule has 2 rings (SSSR count). The van der Waals surface area contributed by atoms with Crippen molar-refractivity contribution < 1.29 is 14.3 Å². The Hall–Kier alpha value is -1.82. The first-order valence-electron chi connectivity index (χ1n) is 5.23. The van der Waals surface area contributed by atoms with E-state index in [4.69, 9.17) is 5.11 Å². The molecule has 1 aromatic heterocycles. The number of imidazole rings is 1. The molecule has 0 aliphatic rings. The summed E-state index contributed by atoms with van der Waals surface area (Å²) in [7, 11) is 0. The van der Waals surface area contributed by atoms with Crippen LogP contribution in [0.15, 0.2) is 29.4 Å². The number of aryl methyl sites for hydroxylation is 1. The van der Waals surface area contributed by atoms with Gasteiger partial charge in [0.1, 0.15) is 5.82 Å². The number of H-pyrrole nitrogens is 1. The van der Waals surface area contributed by atoms with Crippen molar-refractivity contribution in [1.82, 2.24) is 9.97 Å². The fourth-order valence-corrected chi connectivity index (χ4v) is 2.16. The van der Waals surface area contributed by atoms with E-state index in [0.29, 0.717) is 10.9 Å². The fourth-order valence-electron chi connectivity index (χ4n) is 1.52. The molecule has 2 aromatic rings. The van der Waals surface area contributed by atoms with Crippen molar-refractivity contribution in [3.8, 4) is 11.3 Å². The number of nitrogens with zero attached hydrogens (tertiary/aromatic N) is 1. The average molecular weight is 266 g/mol. The van der Waals surface area contributed by atoms with Crippen LogP contribution in [0.4, 0.5) is 4.39 Å². The third-order valence-electron chi connectivity index (χ3n) is 2.31. The van der Waals surface area contributed by atoms with Gasteiger partial charge in [0.2, 0.25) is 0 Å². The minimum Gasteiger partial charge on any atom is -0.481 e. The molecule has 2 N–H and O–H groups in total. The van der Waals surface area contributed by atoms with Gasteiger partial charge >= 0.3 is 5.97 Å². The number of halogens is 1. The summed E-state index contributed by atoms with van der Waals surface area (Å²) in [5, 5.41) is 9.14. The van der Waals surface area contributed by atoms with Gasteiger partial charge in [0.05, 0.1) is 11.4 Å². The zero-order valence-electron chi connectivity index (χ0n) is 9.61. The summed E-state index contributed by atoms with van der Waals surface area (Å²) in [6.07, 6.45) is 0. The smallest absolute Gasteiger partial charge is 0.313 e. The Morgan fingerprint density at radius 1 is 1.44 bits per heavy atom. The molecule has 0 aliphatic carbocycles. The maximum atomic E-state index is 12.8. The molecule has 6 heteroatoms. The quantitative estimate of drug-likeness (QED) is 0.835. The van der Waals surface area contributed by atoms with Crippen molar-refractivity contribution in [3.05, 3.63) is 35.8 Å². The second-order valence-electron chi connectivity index (χ2n) is 3.70. The SMILES string of the molecule is Cc1[nH]c(SCC(=O)O)nc1-c1ccc(F)cc1. The first-order valence-corrected chi connectivity index (χ1v) is 6.22. The van der Waals surface area contributed by atoms with Crippen molar-refractivity contribution in [1.29, 1.82) is 0 Å². The molecule has 0 aliphatic heterocycles. The van der Waals surface area contributed by atoms with Crippen LogP contribution in [-0.2, 0) is 4.79 Å². The molecule has 0 atom stereocenters. The van der Waals surface area contributed by atoms with Gasteiger partial charge in [0.15, 0.2) is 5.16 Å². The molecule has 0 saturated carbocycles. The van der Waals surface area contributed by atoms with Crippen LogP contribution in [0.1, 0.15) is 5.69 Å². The van der Waals surface area contributed by atoms with Crippen molar-refractivity contribution in [2.24, 2.45) is 0 Å². The number of benzene rings is 1. The monoisotopic (exact) mass is 266 g/mol. The standard InChI is InChI=1S/C12H11FN2O2S/c1-7-11(8-2-4-9(13)5-3-8)15-12(14-7)18-6-10(16)17/h2-5H,6H2,1H3,(H,14,15)(H,16,17). The van der Waals surface area contributed by atoms with Crippen molar-refractivity contribution in [2.45, 2.75) is 12.1 Å². The van der Waals surface area contributed by atoms with E-state index >= 15 is 0 Å². The molecule has 0 amide bonds. The van der Waals surface area contributed by atoms with E-state index in [2.05, 4.69) is 9.97 Å². The molecule has 0 saturated heterocycles. The number of aromatic nitrogens is 2. The summed E-state index contributed by atoms with van der Waals surface area (Å²) in [6.45, 7) is 1.84. The van der Waals surface area contributed by atoms with Gasteiger partial charge < -0.3 is 10.1 Å². The zero-order chi connectivity index (χ0) is 13.1. The highest BCUT2D eigenvalue weighted by Crippen LogP contribution is 2.25. The number of rotatable bonds is 4.